The average Bonchev–Trinajstić information content (AvgIpc) is 2.63. The summed E-state index contributed by atoms with van der Waals surface area (Å²) in [6.07, 6.45) is 2.87. The van der Waals surface area contributed by atoms with E-state index in [1.807, 2.05) is 0 Å². The fourth-order valence-electron chi connectivity index (χ4n) is 4.14. The normalized spacial score (nSPS) is 28.8. The van der Waals surface area contributed by atoms with Crippen molar-refractivity contribution in [3.8, 4) is 0 Å². The zero-order valence-electron chi connectivity index (χ0n) is 13.9. The van der Waals surface area contributed by atoms with Crippen molar-refractivity contribution in [1.29, 1.82) is 0 Å². The molecule has 5 rings (SSSR count). The lowest BCUT2D eigenvalue weighted by atomic mass is 9.76. The molecule has 0 radical (unpaired) electrons. The molecular weight excluding hydrogens is 339 g/mol. The Morgan fingerprint density at radius 2 is 1.64 bits per heavy atom. The second-order valence-electron chi connectivity index (χ2n) is 6.92. The fourth-order valence-corrected chi connectivity index (χ4v) is 5.55. The Kier molecular flexibility index (Phi) is 4.14. The predicted molar refractivity (Wildman–Crippen MR) is 93.8 cm³/mol. The van der Waals surface area contributed by atoms with E-state index in [0.717, 1.165) is 31.5 Å². The van der Waals surface area contributed by atoms with Gasteiger partial charge in [-0.25, -0.2) is 12.8 Å². The topological polar surface area (TPSA) is 49.4 Å². The second kappa shape index (κ2) is 6.20. The maximum absolute atomic E-state index is 13.4. The van der Waals surface area contributed by atoms with Gasteiger partial charge in [0.05, 0.1) is 4.90 Å². The Morgan fingerprint density at radius 1 is 1.00 bits per heavy atom. The van der Waals surface area contributed by atoms with Gasteiger partial charge >= 0.3 is 0 Å². The first-order chi connectivity index (χ1) is 12.0. The molecule has 0 saturated carbocycles. The van der Waals surface area contributed by atoms with Crippen LogP contribution in [-0.4, -0.2) is 26.4 Å². The van der Waals surface area contributed by atoms with Gasteiger partial charge in [-0.15, -0.1) is 0 Å². The van der Waals surface area contributed by atoms with Gasteiger partial charge in [-0.1, -0.05) is 30.3 Å². The van der Waals surface area contributed by atoms with Crippen molar-refractivity contribution in [1.82, 2.24) is 9.62 Å². The van der Waals surface area contributed by atoms with Crippen LogP contribution in [0.25, 0.3) is 0 Å². The summed E-state index contributed by atoms with van der Waals surface area (Å²) >= 11 is 0. The second-order valence-corrected chi connectivity index (χ2v) is 8.60. The van der Waals surface area contributed by atoms with E-state index in [0.29, 0.717) is 12.3 Å². The number of rotatable bonds is 4. The third kappa shape index (κ3) is 2.99. The summed E-state index contributed by atoms with van der Waals surface area (Å²) in [6, 6.07) is 14.6. The molecule has 6 heteroatoms. The van der Waals surface area contributed by atoms with E-state index < -0.39 is 15.7 Å². The molecule has 2 bridgehead atoms. The lowest BCUT2D eigenvalue weighted by Crippen LogP contribution is -2.64. The van der Waals surface area contributed by atoms with Crippen LogP contribution in [-0.2, 0) is 15.7 Å². The number of sulfonamides is 1. The Hall–Kier alpha value is -1.76. The van der Waals surface area contributed by atoms with Crippen molar-refractivity contribution in [2.75, 3.05) is 13.1 Å². The van der Waals surface area contributed by atoms with Crippen LogP contribution in [0.1, 0.15) is 24.8 Å². The van der Waals surface area contributed by atoms with Crippen molar-refractivity contribution in [3.05, 3.63) is 66.0 Å². The van der Waals surface area contributed by atoms with E-state index in [1.165, 1.54) is 12.1 Å². The Labute approximate surface area is 147 Å². The van der Waals surface area contributed by atoms with E-state index in [1.54, 1.807) is 42.5 Å². The van der Waals surface area contributed by atoms with Gasteiger partial charge in [0.15, 0.2) is 0 Å². The SMILES string of the molecule is O=S(=O)(N[C@@]1(c2ccc(F)cc2)CC2CCN1CC2)c1ccccc1. The van der Waals surface area contributed by atoms with Gasteiger partial charge in [-0.05, 0) is 55.0 Å². The van der Waals surface area contributed by atoms with Gasteiger partial charge in [-0.2, -0.15) is 4.72 Å². The summed E-state index contributed by atoms with van der Waals surface area (Å²) in [7, 11) is -3.68. The largest absolute Gasteiger partial charge is 0.281 e. The van der Waals surface area contributed by atoms with Crippen molar-refractivity contribution < 1.29 is 12.8 Å². The summed E-state index contributed by atoms with van der Waals surface area (Å²) in [4.78, 5) is 2.44. The summed E-state index contributed by atoms with van der Waals surface area (Å²) < 4.78 is 42.4. The van der Waals surface area contributed by atoms with Crippen LogP contribution >= 0.6 is 0 Å². The number of hydrogen-bond donors (Lipinski definition) is 1. The molecule has 25 heavy (non-hydrogen) atoms. The van der Waals surface area contributed by atoms with Crippen molar-refractivity contribution in [2.24, 2.45) is 5.92 Å². The number of piperidine rings is 3. The molecule has 3 aliphatic heterocycles. The molecule has 3 fully saturated rings. The van der Waals surface area contributed by atoms with E-state index in [2.05, 4.69) is 9.62 Å². The molecule has 0 unspecified atom stereocenters. The quantitative estimate of drug-likeness (QED) is 0.912. The van der Waals surface area contributed by atoms with Crippen LogP contribution < -0.4 is 4.72 Å². The molecule has 2 aromatic carbocycles. The van der Waals surface area contributed by atoms with Crippen LogP contribution in [0.4, 0.5) is 4.39 Å². The molecule has 0 aromatic heterocycles. The minimum absolute atomic E-state index is 0.249. The van der Waals surface area contributed by atoms with Crippen LogP contribution in [0.2, 0.25) is 0 Å². The van der Waals surface area contributed by atoms with E-state index >= 15 is 0 Å². The number of hydrogen-bond acceptors (Lipinski definition) is 3. The molecule has 0 aliphatic carbocycles. The number of benzene rings is 2. The Bertz CT molecular complexity index is 847. The van der Waals surface area contributed by atoms with Crippen LogP contribution in [0.15, 0.2) is 59.5 Å². The molecule has 1 N–H and O–H groups in total. The Morgan fingerprint density at radius 3 is 2.20 bits per heavy atom. The molecule has 2 aromatic rings. The van der Waals surface area contributed by atoms with Gasteiger partial charge in [0, 0.05) is 13.1 Å². The van der Waals surface area contributed by atoms with Crippen molar-refractivity contribution in [2.45, 2.75) is 29.8 Å². The zero-order valence-corrected chi connectivity index (χ0v) is 14.7. The summed E-state index contributed by atoms with van der Waals surface area (Å²) in [5, 5.41) is 0. The number of halogens is 1. The van der Waals surface area contributed by atoms with Crippen LogP contribution in [0.3, 0.4) is 0 Å². The first-order valence-corrected chi connectivity index (χ1v) is 10.1. The van der Waals surface area contributed by atoms with Gasteiger partial charge < -0.3 is 0 Å². The molecule has 3 aliphatic rings. The highest BCUT2D eigenvalue weighted by Gasteiger charge is 2.49. The zero-order chi connectivity index (χ0) is 17.5. The first kappa shape index (κ1) is 16.7. The van der Waals surface area contributed by atoms with Gasteiger partial charge in [0.2, 0.25) is 10.0 Å². The molecule has 0 amide bonds. The van der Waals surface area contributed by atoms with Crippen LogP contribution in [0, 0.1) is 11.7 Å². The highest BCUT2D eigenvalue weighted by Crippen LogP contribution is 2.44. The highest BCUT2D eigenvalue weighted by molar-refractivity contribution is 7.89. The standard InChI is InChI=1S/C19H21FN2O2S/c20-17-8-6-16(7-9-17)19(14-15-10-12-22(19)13-11-15)21-25(23,24)18-4-2-1-3-5-18/h1-9,15,21H,10-14H2/t19-/m0/s1. The van der Waals surface area contributed by atoms with E-state index in [9.17, 15) is 12.8 Å². The van der Waals surface area contributed by atoms with E-state index in [-0.39, 0.29) is 10.7 Å². The van der Waals surface area contributed by atoms with Crippen molar-refractivity contribution >= 4 is 10.0 Å². The van der Waals surface area contributed by atoms with Gasteiger partial charge in [0.25, 0.3) is 0 Å². The van der Waals surface area contributed by atoms with E-state index in [4.69, 9.17) is 0 Å². The summed E-state index contributed by atoms with van der Waals surface area (Å²) in [5.41, 5.74) is 0.00148. The molecule has 0 spiro atoms. The lowest BCUT2D eigenvalue weighted by molar-refractivity contribution is -0.0415. The molecule has 4 nitrogen and oxygen atoms in total. The maximum atomic E-state index is 13.4. The minimum atomic E-state index is -3.68. The molecular formula is C19H21FN2O2S. The third-order valence-corrected chi connectivity index (χ3v) is 6.92. The highest BCUT2D eigenvalue weighted by atomic mass is 32.2. The number of fused-ring (bicyclic) bond motifs is 3. The molecule has 1 atom stereocenters. The maximum Gasteiger partial charge on any atom is 0.242 e. The molecule has 3 saturated heterocycles. The first-order valence-electron chi connectivity index (χ1n) is 8.60. The number of nitrogens with zero attached hydrogens (tertiary/aromatic N) is 1. The monoisotopic (exact) mass is 360 g/mol. The van der Waals surface area contributed by atoms with Crippen LogP contribution in [0.5, 0.6) is 0 Å². The Balaban J connectivity index is 1.78. The predicted octanol–water partition coefficient (Wildman–Crippen LogP) is 3.07. The fraction of sp³-hybridized carbons (Fsp3) is 0.368. The minimum Gasteiger partial charge on any atom is -0.281 e. The summed E-state index contributed by atoms with van der Waals surface area (Å²) in [5.74, 6) is 0.161. The summed E-state index contributed by atoms with van der Waals surface area (Å²) in [6.45, 7) is 1.69. The van der Waals surface area contributed by atoms with Gasteiger partial charge in [-0.3, -0.25) is 4.90 Å². The molecule has 3 heterocycles. The lowest BCUT2D eigenvalue weighted by Gasteiger charge is -2.54. The average molecular weight is 360 g/mol. The number of nitrogens with one attached hydrogen (secondary N) is 1. The van der Waals surface area contributed by atoms with Crippen molar-refractivity contribution in [3.63, 3.8) is 0 Å². The molecule has 132 valence electrons. The smallest absolute Gasteiger partial charge is 0.242 e. The third-order valence-electron chi connectivity index (χ3n) is 5.42. The van der Waals surface area contributed by atoms with Gasteiger partial charge in [0.1, 0.15) is 11.5 Å².